The number of pyridine rings is 1. The zero-order valence-corrected chi connectivity index (χ0v) is 7.42. The summed E-state index contributed by atoms with van der Waals surface area (Å²) in [7, 11) is 0. The Hall–Kier alpha value is -2.03. The van der Waals surface area contributed by atoms with Gasteiger partial charge in [-0.1, -0.05) is 30.3 Å². The highest BCUT2D eigenvalue weighted by Gasteiger charge is 2.04. The molecule has 0 aliphatic rings. The summed E-state index contributed by atoms with van der Waals surface area (Å²) in [6, 6.07) is 12.9. The van der Waals surface area contributed by atoms with E-state index >= 15 is 0 Å². The Labute approximate surface area is 81.4 Å². The van der Waals surface area contributed by atoms with Crippen LogP contribution in [0.1, 0.15) is 0 Å². The number of hydrogen-bond acceptors (Lipinski definition) is 3. The molecule has 1 aromatic heterocycles. The zero-order valence-electron chi connectivity index (χ0n) is 7.42. The second kappa shape index (κ2) is 3.79. The lowest BCUT2D eigenvalue weighted by Gasteiger charge is -2.00. The first-order valence-corrected chi connectivity index (χ1v) is 4.25. The van der Waals surface area contributed by atoms with Crippen molar-refractivity contribution in [1.82, 2.24) is 4.98 Å². The lowest BCUT2D eigenvalue weighted by Crippen LogP contribution is -1.82. The average Bonchev–Trinajstić information content (AvgIpc) is 2.30. The third kappa shape index (κ3) is 1.52. The highest BCUT2D eigenvalue weighted by atomic mass is 16.3. The van der Waals surface area contributed by atoms with Crippen LogP contribution in [0.2, 0.25) is 0 Å². The van der Waals surface area contributed by atoms with Crippen LogP contribution in [-0.4, -0.2) is 4.98 Å². The van der Waals surface area contributed by atoms with Crippen LogP contribution in [0.4, 0.5) is 5.69 Å². The Morgan fingerprint density at radius 3 is 2.50 bits per heavy atom. The van der Waals surface area contributed by atoms with Gasteiger partial charge in [-0.2, -0.15) is 0 Å². The van der Waals surface area contributed by atoms with E-state index in [1.54, 1.807) is 18.3 Å². The summed E-state index contributed by atoms with van der Waals surface area (Å²) in [5.41, 5.74) is 1.91. The normalized spacial score (nSPS) is 9.71. The SMILES string of the molecule is O=Nc1cccnc1-c1ccccc1. The van der Waals surface area contributed by atoms with Crippen LogP contribution in [0, 0.1) is 4.91 Å². The highest BCUT2D eigenvalue weighted by molar-refractivity contribution is 5.71. The van der Waals surface area contributed by atoms with Crippen molar-refractivity contribution in [2.75, 3.05) is 0 Å². The second-order valence-corrected chi connectivity index (χ2v) is 2.83. The van der Waals surface area contributed by atoms with Crippen molar-refractivity contribution in [1.29, 1.82) is 0 Å². The Morgan fingerprint density at radius 1 is 1.00 bits per heavy atom. The van der Waals surface area contributed by atoms with Crippen molar-refractivity contribution in [3.05, 3.63) is 53.6 Å². The minimum absolute atomic E-state index is 0.374. The molecule has 0 aliphatic carbocycles. The fourth-order valence-corrected chi connectivity index (χ4v) is 1.29. The van der Waals surface area contributed by atoms with Crippen LogP contribution in [-0.2, 0) is 0 Å². The van der Waals surface area contributed by atoms with Gasteiger partial charge in [-0.3, -0.25) is 4.98 Å². The minimum Gasteiger partial charge on any atom is -0.254 e. The van der Waals surface area contributed by atoms with Gasteiger partial charge < -0.3 is 0 Å². The van der Waals surface area contributed by atoms with E-state index in [1.807, 2.05) is 30.3 Å². The first-order valence-electron chi connectivity index (χ1n) is 4.25. The topological polar surface area (TPSA) is 42.3 Å². The molecule has 3 nitrogen and oxygen atoms in total. The molecule has 0 N–H and O–H groups in total. The Kier molecular flexibility index (Phi) is 2.32. The smallest absolute Gasteiger partial charge is 0.134 e. The first-order chi connectivity index (χ1) is 6.92. The van der Waals surface area contributed by atoms with E-state index in [0.29, 0.717) is 11.4 Å². The summed E-state index contributed by atoms with van der Waals surface area (Å²) in [6.45, 7) is 0. The molecule has 68 valence electrons. The lowest BCUT2D eigenvalue weighted by molar-refractivity contribution is 1.30. The Bertz CT molecular complexity index is 440. The van der Waals surface area contributed by atoms with E-state index in [9.17, 15) is 4.91 Å². The van der Waals surface area contributed by atoms with Crippen LogP contribution in [0.5, 0.6) is 0 Å². The fraction of sp³-hybridized carbons (Fsp3) is 0. The molecule has 0 saturated carbocycles. The molecule has 0 radical (unpaired) electrons. The van der Waals surface area contributed by atoms with E-state index in [4.69, 9.17) is 0 Å². The number of hydrogen-bond donors (Lipinski definition) is 0. The number of rotatable bonds is 2. The number of nitroso groups, excluding NO2 is 1. The maximum atomic E-state index is 10.5. The molecule has 0 atom stereocenters. The molecular formula is C11H8N2O. The quantitative estimate of drug-likeness (QED) is 0.673. The number of benzene rings is 1. The molecule has 0 bridgehead atoms. The standard InChI is InChI=1S/C11H8N2O/c14-13-10-7-4-8-12-11(10)9-5-2-1-3-6-9/h1-8H. The lowest BCUT2D eigenvalue weighted by atomic mass is 10.1. The maximum Gasteiger partial charge on any atom is 0.134 e. The zero-order chi connectivity index (χ0) is 9.80. The molecule has 2 rings (SSSR count). The second-order valence-electron chi connectivity index (χ2n) is 2.83. The molecule has 0 unspecified atom stereocenters. The van der Waals surface area contributed by atoms with E-state index < -0.39 is 0 Å². The van der Waals surface area contributed by atoms with Gasteiger partial charge in [0, 0.05) is 11.8 Å². The molecule has 3 heteroatoms. The van der Waals surface area contributed by atoms with E-state index in [-0.39, 0.29) is 0 Å². The maximum absolute atomic E-state index is 10.5. The van der Waals surface area contributed by atoms with Crippen molar-refractivity contribution < 1.29 is 0 Å². The summed E-state index contributed by atoms with van der Waals surface area (Å²) in [4.78, 5) is 14.6. The molecule has 1 aromatic carbocycles. The summed E-state index contributed by atoms with van der Waals surface area (Å²) < 4.78 is 0. The largest absolute Gasteiger partial charge is 0.254 e. The summed E-state index contributed by atoms with van der Waals surface area (Å²) in [6.07, 6.45) is 1.65. The van der Waals surface area contributed by atoms with E-state index in [1.165, 1.54) is 0 Å². The monoisotopic (exact) mass is 184 g/mol. The van der Waals surface area contributed by atoms with Gasteiger partial charge in [-0.25, -0.2) is 0 Å². The average molecular weight is 184 g/mol. The predicted octanol–water partition coefficient (Wildman–Crippen LogP) is 3.15. The van der Waals surface area contributed by atoms with E-state index in [0.717, 1.165) is 5.56 Å². The summed E-state index contributed by atoms with van der Waals surface area (Å²) in [5, 5.41) is 2.93. The van der Waals surface area contributed by atoms with Gasteiger partial charge in [-0.05, 0) is 17.3 Å². The van der Waals surface area contributed by atoms with Gasteiger partial charge in [0.2, 0.25) is 0 Å². The van der Waals surface area contributed by atoms with Gasteiger partial charge in [0.1, 0.15) is 5.69 Å². The molecule has 0 aliphatic heterocycles. The van der Waals surface area contributed by atoms with Crippen LogP contribution in [0.3, 0.4) is 0 Å². The van der Waals surface area contributed by atoms with Crippen molar-refractivity contribution >= 4 is 5.69 Å². The van der Waals surface area contributed by atoms with Crippen molar-refractivity contribution in [2.45, 2.75) is 0 Å². The van der Waals surface area contributed by atoms with Crippen LogP contribution < -0.4 is 0 Å². The van der Waals surface area contributed by atoms with Crippen LogP contribution in [0.15, 0.2) is 53.8 Å². The van der Waals surface area contributed by atoms with Crippen LogP contribution >= 0.6 is 0 Å². The molecule has 1 heterocycles. The summed E-state index contributed by atoms with van der Waals surface area (Å²) >= 11 is 0. The van der Waals surface area contributed by atoms with Crippen molar-refractivity contribution in [2.24, 2.45) is 5.18 Å². The molecule has 0 spiro atoms. The molecular weight excluding hydrogens is 176 g/mol. The first kappa shape index (κ1) is 8.56. The fourth-order valence-electron chi connectivity index (χ4n) is 1.29. The third-order valence-electron chi connectivity index (χ3n) is 1.93. The molecule has 0 saturated heterocycles. The molecule has 2 aromatic rings. The van der Waals surface area contributed by atoms with Crippen molar-refractivity contribution in [3.63, 3.8) is 0 Å². The minimum atomic E-state index is 0.374. The van der Waals surface area contributed by atoms with Gasteiger partial charge >= 0.3 is 0 Å². The van der Waals surface area contributed by atoms with Gasteiger partial charge in [0.05, 0.1) is 5.69 Å². The number of aromatic nitrogens is 1. The van der Waals surface area contributed by atoms with Gasteiger partial charge in [0.15, 0.2) is 0 Å². The third-order valence-corrected chi connectivity index (χ3v) is 1.93. The van der Waals surface area contributed by atoms with E-state index in [2.05, 4.69) is 10.2 Å². The van der Waals surface area contributed by atoms with Gasteiger partial charge in [-0.15, -0.1) is 4.91 Å². The summed E-state index contributed by atoms with van der Waals surface area (Å²) in [5.74, 6) is 0. The highest BCUT2D eigenvalue weighted by Crippen LogP contribution is 2.26. The molecule has 14 heavy (non-hydrogen) atoms. The Balaban J connectivity index is 2.57. The van der Waals surface area contributed by atoms with Crippen LogP contribution in [0.25, 0.3) is 11.3 Å². The predicted molar refractivity (Wildman–Crippen MR) is 55.1 cm³/mol. The van der Waals surface area contributed by atoms with Gasteiger partial charge in [0.25, 0.3) is 0 Å². The molecule has 0 amide bonds. The Morgan fingerprint density at radius 2 is 1.79 bits per heavy atom. The number of nitrogens with zero attached hydrogens (tertiary/aromatic N) is 2. The molecule has 0 fully saturated rings. The van der Waals surface area contributed by atoms with Crippen molar-refractivity contribution in [3.8, 4) is 11.3 Å².